The Morgan fingerprint density at radius 3 is 0.746 bits per heavy atom. The van der Waals surface area contributed by atoms with E-state index in [-0.39, 0.29) is 33.6 Å². The predicted octanol–water partition coefficient (Wildman–Crippen LogP) is 26.9. The molecule has 134 heavy (non-hydrogen) atoms. The monoisotopic (exact) mass is 2110 g/mol. The number of ether oxygens (including phenoxy) is 5. The van der Waals surface area contributed by atoms with Crippen molar-refractivity contribution < 1.29 is 48.9 Å². The van der Waals surface area contributed by atoms with Gasteiger partial charge in [-0.3, -0.25) is 14.8 Å². The van der Waals surface area contributed by atoms with Gasteiger partial charge in [-0.05, 0) is 162 Å². The molecule has 0 unspecified atom stereocenters. The number of carbonyl (C=O) groups is 1. The maximum absolute atomic E-state index is 11.3. The van der Waals surface area contributed by atoms with Crippen LogP contribution in [0.1, 0.15) is 113 Å². The molecule has 16 aromatic rings. The van der Waals surface area contributed by atoms with Crippen LogP contribution in [0.15, 0.2) is 464 Å². The first-order valence-corrected chi connectivity index (χ1v) is 59.2. The quantitative estimate of drug-likeness (QED) is 0.0168. The second-order valence-electron chi connectivity index (χ2n) is 31.1. The van der Waals surface area contributed by atoms with Crippen molar-refractivity contribution in [2.45, 2.75) is 120 Å². The van der Waals surface area contributed by atoms with Gasteiger partial charge >= 0.3 is 120 Å². The number of methoxy groups -OCH3 is 2. The molecular formula is C119H129BrN2O6P4PdSn. The molecule has 16 rings (SSSR count). The van der Waals surface area contributed by atoms with E-state index in [1.54, 1.807) is 38.7 Å². The number of nitrogens with zero attached hydrogens (tertiary/aromatic N) is 2. The molecule has 2 aromatic heterocycles. The van der Waals surface area contributed by atoms with Gasteiger partial charge in [0.1, 0.15) is 11.5 Å². The van der Waals surface area contributed by atoms with Gasteiger partial charge in [0.05, 0.1) is 52.0 Å². The number of aromatic nitrogens is 2. The van der Waals surface area contributed by atoms with Gasteiger partial charge in [-0.25, -0.2) is 0 Å². The molecule has 0 N–H and O–H groups in total. The predicted molar refractivity (Wildman–Crippen MR) is 582 cm³/mol. The summed E-state index contributed by atoms with van der Waals surface area (Å²) in [4.78, 5) is 19.7. The van der Waals surface area contributed by atoms with Gasteiger partial charge < -0.3 is 18.9 Å². The Bertz CT molecular complexity index is 4910. The summed E-state index contributed by atoms with van der Waals surface area (Å²) in [6, 6.07) is 152. The van der Waals surface area contributed by atoms with Crippen molar-refractivity contribution >= 4 is 135 Å². The first-order valence-electron chi connectivity index (χ1n) is 45.5. The topological polar surface area (TPSA) is 89.0 Å². The van der Waals surface area contributed by atoms with Crippen LogP contribution in [0.5, 0.6) is 11.5 Å². The largest absolute Gasteiger partial charge is 0.497 e. The van der Waals surface area contributed by atoms with Crippen LogP contribution >= 0.6 is 47.6 Å². The van der Waals surface area contributed by atoms with E-state index in [4.69, 9.17) is 23.7 Å². The second kappa shape index (κ2) is 63.9. The molecule has 0 bridgehead atoms. The molecule has 8 nitrogen and oxygen atoms in total. The molecule has 0 saturated heterocycles. The van der Waals surface area contributed by atoms with Crippen molar-refractivity contribution in [3.05, 3.63) is 492 Å². The van der Waals surface area contributed by atoms with Crippen LogP contribution in [0.3, 0.4) is 0 Å². The average molecular weight is 2110 g/mol. The summed E-state index contributed by atoms with van der Waals surface area (Å²) < 4.78 is 34.0. The van der Waals surface area contributed by atoms with Gasteiger partial charge in [0.15, 0.2) is 5.78 Å². The van der Waals surface area contributed by atoms with Gasteiger partial charge in [0.2, 0.25) is 0 Å². The second-order valence-corrected chi connectivity index (χ2v) is 54.0. The molecule has 0 amide bonds. The minimum absolute atomic E-state index is 0. The number of ketones is 1. The molecule has 2 heterocycles. The number of halogens is 1. The molecule has 0 atom stereocenters. The third-order valence-electron chi connectivity index (χ3n) is 21.5. The molecule has 14 aromatic carbocycles. The Labute approximate surface area is 831 Å². The summed E-state index contributed by atoms with van der Waals surface area (Å²) >= 11 is 1.16. The molecule has 0 aliphatic rings. The Balaban J connectivity index is 0.000000192. The zero-order valence-corrected chi connectivity index (χ0v) is 87.2. The van der Waals surface area contributed by atoms with Crippen molar-refractivity contribution in [2.75, 3.05) is 20.8 Å². The van der Waals surface area contributed by atoms with Gasteiger partial charge in [0, 0.05) is 42.9 Å². The minimum atomic E-state index is -2.24. The fraction of sp³-hybridized carbons (Fsp3) is 0.185. The van der Waals surface area contributed by atoms with E-state index in [0.29, 0.717) is 32.0 Å². The van der Waals surface area contributed by atoms with Gasteiger partial charge in [-0.15, -0.1) is 0 Å². The van der Waals surface area contributed by atoms with Crippen molar-refractivity contribution in [3.63, 3.8) is 0 Å². The summed E-state index contributed by atoms with van der Waals surface area (Å²) in [5, 5.41) is 16.8. The zero-order valence-electron chi connectivity index (χ0n) is 77.7. The number of pyridine rings is 2. The molecule has 15 heteroatoms. The van der Waals surface area contributed by atoms with Crippen LogP contribution in [0.2, 0.25) is 13.3 Å². The average Bonchev–Trinajstić information content (AvgIpc) is 0.987. The molecule has 0 radical (unpaired) electrons. The Hall–Kier alpha value is -10.2. The summed E-state index contributed by atoms with van der Waals surface area (Å²) in [5.41, 5.74) is 4.51. The first-order chi connectivity index (χ1) is 64.9. The maximum Gasteiger partial charge on any atom is 0.159 e. The Kier molecular flexibility index (Phi) is 52.0. The van der Waals surface area contributed by atoms with Gasteiger partial charge in [0.25, 0.3) is 0 Å². The standard InChI is InChI=1S/4C18H15P.C16H17NO3.C14H14BrNO2.C4H7O.3C4H9.CH4.Pd.Sn/c4*1-4-10-16(11-5-1)19(17-12-6-2-7-13-17)18-14-8-3-9-15-18;1-12(18)14-7-8-17-15(9-14)11-20-10-13-3-5-16(19-2)6-4-13;1-17-14-4-2-11(3-5-14)9-18-10-13-8-12(15)6-7-16-13;1-3-5-4-2;3*1-3-4-2;;;/h4*1-15H;3-9H,10-11H2,1-2H3;2-8H,9-10H2,1H3;1,4H2,2H3;3*1,3-4H2,2H3;1H4;;. The van der Waals surface area contributed by atoms with E-state index in [1.165, 1.54) is 126 Å². The van der Waals surface area contributed by atoms with Crippen LogP contribution in [-0.2, 0) is 61.1 Å². The number of hydrogen-bond donors (Lipinski definition) is 0. The Morgan fingerprint density at radius 1 is 0.321 bits per heavy atom. The van der Waals surface area contributed by atoms with Crippen molar-refractivity contribution in [1.82, 2.24) is 9.97 Å². The number of benzene rings is 14. The van der Waals surface area contributed by atoms with E-state index in [0.717, 1.165) is 45.1 Å². The molecule has 0 aliphatic heterocycles. The smallest absolute Gasteiger partial charge is 0.159 e. The summed E-state index contributed by atoms with van der Waals surface area (Å²) in [7, 11) is 1.51. The molecule has 692 valence electrons. The fourth-order valence-corrected chi connectivity index (χ4v) is 38.9. The Morgan fingerprint density at radius 2 is 0.545 bits per heavy atom. The molecule has 0 aliphatic carbocycles. The van der Waals surface area contributed by atoms with Crippen LogP contribution in [0.4, 0.5) is 0 Å². The molecule has 0 fully saturated rings. The minimum Gasteiger partial charge on any atom is -0.497 e. The SMILES string of the molecule is C.C=[C](OCC)[Sn]([CH2]CCC)([CH2]CCC)[CH2]CCC.COc1ccc(COCc2cc(Br)ccn2)cc1.COc1ccc(COCc2cc(C(C)=O)ccn2)cc1.[Pd].c1ccc(P(c2ccccc2)c2ccccc2)cc1.c1ccc(P(c2ccccc2)c2ccccc2)cc1.c1ccc(P(c2ccccc2)c2ccccc2)cc1.c1ccc(P(c2ccccc2)c2ccccc2)cc1. The molecular weight excluding hydrogens is 1980 g/mol. The normalized spacial score (nSPS) is 10.5. The van der Waals surface area contributed by atoms with E-state index in [9.17, 15) is 4.79 Å². The van der Waals surface area contributed by atoms with Crippen LogP contribution in [0, 0.1) is 0 Å². The number of carbonyl (C=O) groups excluding carboxylic acids is 1. The third kappa shape index (κ3) is 37.5. The fourth-order valence-electron chi connectivity index (χ4n) is 14.7. The molecule has 0 saturated carbocycles. The number of unbranched alkanes of at least 4 members (excludes halogenated alkanes) is 3. The molecule has 0 spiro atoms. The van der Waals surface area contributed by atoms with Crippen LogP contribution in [-0.4, -0.2) is 55.0 Å². The summed E-state index contributed by atoms with van der Waals surface area (Å²) in [6.45, 7) is 17.7. The van der Waals surface area contributed by atoms with E-state index < -0.39 is 50.1 Å². The number of rotatable bonds is 35. The number of hydrogen-bond acceptors (Lipinski definition) is 8. The first kappa shape index (κ1) is 109. The van der Waals surface area contributed by atoms with Crippen molar-refractivity contribution in [1.29, 1.82) is 0 Å². The third-order valence-corrected chi connectivity index (χ3v) is 46.7. The summed E-state index contributed by atoms with van der Waals surface area (Å²) in [6.07, 6.45) is 11.5. The van der Waals surface area contributed by atoms with Gasteiger partial charge in [-0.1, -0.05) is 412 Å². The van der Waals surface area contributed by atoms with E-state index >= 15 is 0 Å². The van der Waals surface area contributed by atoms with Crippen LogP contribution in [0.25, 0.3) is 0 Å². The van der Waals surface area contributed by atoms with Crippen LogP contribution < -0.4 is 73.1 Å². The zero-order chi connectivity index (χ0) is 92.7. The summed E-state index contributed by atoms with van der Waals surface area (Å²) in [5.74, 6) is 1.71. The van der Waals surface area contributed by atoms with Gasteiger partial charge in [-0.2, -0.15) is 0 Å². The van der Waals surface area contributed by atoms with Crippen molar-refractivity contribution in [3.8, 4) is 11.5 Å². The van der Waals surface area contributed by atoms with Crippen molar-refractivity contribution in [2.24, 2.45) is 0 Å². The maximum atomic E-state index is 11.3. The van der Waals surface area contributed by atoms with E-state index in [1.807, 2.05) is 60.7 Å². The number of Topliss-reactive ketones (excluding diaryl/α,β-unsaturated/α-hetero) is 1. The van der Waals surface area contributed by atoms with E-state index in [2.05, 4.69) is 424 Å².